The lowest BCUT2D eigenvalue weighted by Crippen LogP contribution is -2.46. The fraction of sp³-hybridized carbons (Fsp3) is 0.467. The molecule has 1 saturated heterocycles. The Bertz CT molecular complexity index is 608. The van der Waals surface area contributed by atoms with E-state index in [0.29, 0.717) is 18.3 Å². The molecule has 21 heavy (non-hydrogen) atoms. The van der Waals surface area contributed by atoms with Gasteiger partial charge in [-0.2, -0.15) is 0 Å². The van der Waals surface area contributed by atoms with Gasteiger partial charge in [0.2, 0.25) is 11.8 Å². The second kappa shape index (κ2) is 6.25. The van der Waals surface area contributed by atoms with E-state index in [0.717, 1.165) is 36.1 Å². The molecule has 112 valence electrons. The van der Waals surface area contributed by atoms with Crippen molar-refractivity contribution in [3.63, 3.8) is 0 Å². The zero-order valence-corrected chi connectivity index (χ0v) is 13.5. The largest absolute Gasteiger partial charge is 0.419 e. The van der Waals surface area contributed by atoms with Crippen LogP contribution >= 0.6 is 15.9 Å². The van der Waals surface area contributed by atoms with Crippen molar-refractivity contribution < 1.29 is 9.15 Å². The summed E-state index contributed by atoms with van der Waals surface area (Å²) in [4.78, 5) is 0. The molecule has 0 aliphatic carbocycles. The molecule has 1 aromatic heterocycles. The molecule has 6 heteroatoms. The van der Waals surface area contributed by atoms with Gasteiger partial charge in [-0.15, -0.1) is 10.2 Å². The molecule has 0 bridgehead atoms. The van der Waals surface area contributed by atoms with Crippen molar-refractivity contribution >= 4 is 15.9 Å². The quantitative estimate of drug-likeness (QED) is 0.916. The molecule has 2 heterocycles. The molecule has 1 fully saturated rings. The molecule has 2 aromatic rings. The minimum Gasteiger partial charge on any atom is -0.419 e. The number of aromatic nitrogens is 2. The van der Waals surface area contributed by atoms with E-state index in [4.69, 9.17) is 9.15 Å². The predicted molar refractivity (Wildman–Crippen MR) is 82.7 cm³/mol. The number of nitrogens with one attached hydrogen (secondary N) is 1. The van der Waals surface area contributed by atoms with E-state index in [-0.39, 0.29) is 5.54 Å². The summed E-state index contributed by atoms with van der Waals surface area (Å²) in [5.41, 5.74) is 0.994. The molecule has 0 unspecified atom stereocenters. The third-order valence-corrected chi connectivity index (χ3v) is 4.53. The van der Waals surface area contributed by atoms with Crippen LogP contribution in [0.2, 0.25) is 0 Å². The summed E-state index contributed by atoms with van der Waals surface area (Å²) in [6, 6.07) is 7.82. The molecule has 3 rings (SSSR count). The Kier molecular flexibility index (Phi) is 4.37. The molecule has 0 radical (unpaired) electrons. The van der Waals surface area contributed by atoms with Gasteiger partial charge in [-0.05, 0) is 47.8 Å². The standard InChI is InChI=1S/C15H18BrN3O2/c1-15(6-8-20-9-7-15)17-10-13-18-19-14(21-13)11-4-2-3-5-12(11)16/h2-5,17H,6-10H2,1H3. The average Bonchev–Trinajstić information content (AvgIpc) is 2.95. The lowest BCUT2D eigenvalue weighted by Gasteiger charge is -2.34. The van der Waals surface area contributed by atoms with Crippen LogP contribution in [0.3, 0.4) is 0 Å². The van der Waals surface area contributed by atoms with Crippen LogP contribution in [-0.4, -0.2) is 29.0 Å². The van der Waals surface area contributed by atoms with Crippen LogP contribution in [0.15, 0.2) is 33.2 Å². The minimum atomic E-state index is 0.0835. The van der Waals surface area contributed by atoms with Crippen LogP contribution in [0.1, 0.15) is 25.7 Å². The first-order valence-electron chi connectivity index (χ1n) is 7.06. The third-order valence-electron chi connectivity index (χ3n) is 3.83. The second-order valence-corrected chi connectivity index (χ2v) is 6.36. The Balaban J connectivity index is 1.67. The van der Waals surface area contributed by atoms with Crippen molar-refractivity contribution in [3.8, 4) is 11.5 Å². The van der Waals surface area contributed by atoms with Gasteiger partial charge in [-0.1, -0.05) is 12.1 Å². The van der Waals surface area contributed by atoms with Crippen LogP contribution in [0, 0.1) is 0 Å². The summed E-state index contributed by atoms with van der Waals surface area (Å²) in [7, 11) is 0. The van der Waals surface area contributed by atoms with E-state index in [9.17, 15) is 0 Å². The Morgan fingerprint density at radius 3 is 2.76 bits per heavy atom. The maximum absolute atomic E-state index is 5.74. The molecule has 1 N–H and O–H groups in total. The van der Waals surface area contributed by atoms with Crippen molar-refractivity contribution in [2.45, 2.75) is 31.8 Å². The van der Waals surface area contributed by atoms with Gasteiger partial charge in [0.1, 0.15) is 0 Å². The van der Waals surface area contributed by atoms with Crippen molar-refractivity contribution in [1.29, 1.82) is 0 Å². The normalized spacial score (nSPS) is 17.8. The smallest absolute Gasteiger partial charge is 0.248 e. The highest BCUT2D eigenvalue weighted by molar-refractivity contribution is 9.10. The van der Waals surface area contributed by atoms with Gasteiger partial charge in [-0.3, -0.25) is 0 Å². The summed E-state index contributed by atoms with van der Waals surface area (Å²) in [5.74, 6) is 1.14. The highest BCUT2D eigenvalue weighted by Gasteiger charge is 2.27. The van der Waals surface area contributed by atoms with Crippen LogP contribution in [0.4, 0.5) is 0 Å². The molecule has 5 nitrogen and oxygen atoms in total. The highest BCUT2D eigenvalue weighted by atomic mass is 79.9. The van der Waals surface area contributed by atoms with E-state index in [1.54, 1.807) is 0 Å². The van der Waals surface area contributed by atoms with Gasteiger partial charge in [0, 0.05) is 23.2 Å². The van der Waals surface area contributed by atoms with E-state index >= 15 is 0 Å². The maximum Gasteiger partial charge on any atom is 0.248 e. The molecule has 1 aliphatic heterocycles. The summed E-state index contributed by atoms with van der Waals surface area (Å²) in [6.45, 7) is 4.39. The Hall–Kier alpha value is -1.24. The Labute approximate surface area is 132 Å². The number of ether oxygens (including phenoxy) is 1. The van der Waals surface area contributed by atoms with Crippen molar-refractivity contribution in [1.82, 2.24) is 15.5 Å². The SMILES string of the molecule is CC1(NCc2nnc(-c3ccccc3Br)o2)CCOCC1. The number of benzene rings is 1. The first kappa shape index (κ1) is 14.7. The van der Waals surface area contributed by atoms with Crippen LogP contribution in [0.25, 0.3) is 11.5 Å². The van der Waals surface area contributed by atoms with Gasteiger partial charge >= 0.3 is 0 Å². The summed E-state index contributed by atoms with van der Waals surface area (Å²) in [6.07, 6.45) is 2.00. The lowest BCUT2D eigenvalue weighted by molar-refractivity contribution is 0.0437. The summed E-state index contributed by atoms with van der Waals surface area (Å²) >= 11 is 3.50. The molecule has 0 spiro atoms. The average molecular weight is 352 g/mol. The molecule has 0 saturated carbocycles. The molecule has 0 amide bonds. The number of hydrogen-bond acceptors (Lipinski definition) is 5. The topological polar surface area (TPSA) is 60.2 Å². The van der Waals surface area contributed by atoms with Gasteiger partial charge < -0.3 is 14.5 Å². The second-order valence-electron chi connectivity index (χ2n) is 5.51. The van der Waals surface area contributed by atoms with E-state index in [2.05, 4.69) is 38.4 Å². The zero-order valence-electron chi connectivity index (χ0n) is 11.9. The van der Waals surface area contributed by atoms with Crippen LogP contribution in [-0.2, 0) is 11.3 Å². The van der Waals surface area contributed by atoms with E-state index < -0.39 is 0 Å². The van der Waals surface area contributed by atoms with Crippen molar-refractivity contribution in [3.05, 3.63) is 34.6 Å². The number of nitrogens with zero attached hydrogens (tertiary/aromatic N) is 2. The minimum absolute atomic E-state index is 0.0835. The molecule has 0 atom stereocenters. The van der Waals surface area contributed by atoms with Crippen LogP contribution in [0.5, 0.6) is 0 Å². The van der Waals surface area contributed by atoms with E-state index in [1.807, 2.05) is 24.3 Å². The van der Waals surface area contributed by atoms with Crippen molar-refractivity contribution in [2.75, 3.05) is 13.2 Å². The summed E-state index contributed by atoms with van der Waals surface area (Å²) in [5, 5.41) is 11.7. The fourth-order valence-electron chi connectivity index (χ4n) is 2.36. The van der Waals surface area contributed by atoms with E-state index in [1.165, 1.54) is 0 Å². The monoisotopic (exact) mass is 351 g/mol. The molecular weight excluding hydrogens is 334 g/mol. The van der Waals surface area contributed by atoms with Crippen molar-refractivity contribution in [2.24, 2.45) is 0 Å². The third kappa shape index (κ3) is 3.51. The predicted octanol–water partition coefficient (Wildman–Crippen LogP) is 3.16. The fourth-order valence-corrected chi connectivity index (χ4v) is 2.81. The van der Waals surface area contributed by atoms with Gasteiger partial charge in [-0.25, -0.2) is 0 Å². The first-order valence-corrected chi connectivity index (χ1v) is 7.86. The Morgan fingerprint density at radius 1 is 1.24 bits per heavy atom. The number of halogens is 1. The summed E-state index contributed by atoms with van der Waals surface area (Å²) < 4.78 is 12.1. The van der Waals surface area contributed by atoms with Gasteiger partial charge in [0.25, 0.3) is 0 Å². The highest BCUT2D eigenvalue weighted by Crippen LogP contribution is 2.27. The Morgan fingerprint density at radius 2 is 2.00 bits per heavy atom. The number of hydrogen-bond donors (Lipinski definition) is 1. The zero-order chi connectivity index (χ0) is 14.7. The molecule has 1 aliphatic rings. The number of rotatable bonds is 4. The molecular formula is C15H18BrN3O2. The molecule has 1 aromatic carbocycles. The maximum atomic E-state index is 5.74. The first-order chi connectivity index (χ1) is 10.2. The van der Waals surface area contributed by atoms with Crippen LogP contribution < -0.4 is 5.32 Å². The lowest BCUT2D eigenvalue weighted by atomic mass is 9.92. The van der Waals surface area contributed by atoms with Gasteiger partial charge in [0.05, 0.1) is 12.1 Å². The van der Waals surface area contributed by atoms with Gasteiger partial charge in [0.15, 0.2) is 0 Å².